The fraction of sp³-hybridized carbons (Fsp3) is 0.0870. The van der Waals surface area contributed by atoms with Crippen molar-refractivity contribution in [1.29, 1.82) is 5.26 Å². The molecule has 138 valence electrons. The Bertz CT molecular complexity index is 1120. The molecule has 5 nitrogen and oxygen atoms in total. The predicted molar refractivity (Wildman–Crippen MR) is 108 cm³/mol. The van der Waals surface area contributed by atoms with Crippen molar-refractivity contribution in [2.24, 2.45) is 0 Å². The summed E-state index contributed by atoms with van der Waals surface area (Å²) >= 11 is 0. The van der Waals surface area contributed by atoms with Gasteiger partial charge in [-0.05, 0) is 43.7 Å². The largest absolute Gasteiger partial charge is 0.457 e. The van der Waals surface area contributed by atoms with Crippen molar-refractivity contribution < 1.29 is 14.0 Å². The summed E-state index contributed by atoms with van der Waals surface area (Å²) in [5.41, 5.74) is 2.81. The zero-order valence-electron chi connectivity index (χ0n) is 15.5. The van der Waals surface area contributed by atoms with E-state index in [4.69, 9.17) is 4.42 Å². The predicted octanol–water partition coefficient (Wildman–Crippen LogP) is 5.00. The Morgan fingerprint density at radius 3 is 2.57 bits per heavy atom. The molecule has 0 saturated heterocycles. The summed E-state index contributed by atoms with van der Waals surface area (Å²) in [5, 5.41) is 12.1. The van der Waals surface area contributed by atoms with Crippen LogP contribution in [0.1, 0.15) is 28.6 Å². The minimum absolute atomic E-state index is 0.0341. The summed E-state index contributed by atoms with van der Waals surface area (Å²) < 4.78 is 5.74. The summed E-state index contributed by atoms with van der Waals surface area (Å²) in [5.74, 6) is 0.382. The number of rotatable bonds is 5. The minimum Gasteiger partial charge on any atom is -0.457 e. The number of hydrogen-bond donors (Lipinski definition) is 1. The Morgan fingerprint density at radius 1 is 1.07 bits per heavy atom. The zero-order valence-corrected chi connectivity index (χ0v) is 15.5. The van der Waals surface area contributed by atoms with Crippen LogP contribution >= 0.6 is 0 Å². The van der Waals surface area contributed by atoms with Gasteiger partial charge in [-0.15, -0.1) is 0 Å². The van der Waals surface area contributed by atoms with E-state index >= 15 is 0 Å². The van der Waals surface area contributed by atoms with Gasteiger partial charge in [0.05, 0.1) is 0 Å². The van der Waals surface area contributed by atoms with E-state index in [1.54, 1.807) is 36.4 Å². The molecule has 0 fully saturated rings. The van der Waals surface area contributed by atoms with Crippen LogP contribution in [0.15, 0.2) is 70.7 Å². The second kappa shape index (κ2) is 8.19. The lowest BCUT2D eigenvalue weighted by Gasteiger charge is -2.06. The van der Waals surface area contributed by atoms with Crippen molar-refractivity contribution in [3.8, 4) is 17.4 Å². The number of nitrogens with zero attached hydrogens (tertiary/aromatic N) is 1. The molecular formula is C23H18N2O3. The normalized spacial score (nSPS) is 11.0. The SMILES string of the molecule is CC(=O)c1cccc(-c2ccc(/C=C(/C#N)C(=O)Nc3ccccc3C)o2)c1. The fourth-order valence-corrected chi connectivity index (χ4v) is 2.67. The van der Waals surface area contributed by atoms with E-state index in [-0.39, 0.29) is 11.4 Å². The Hall–Kier alpha value is -3.91. The van der Waals surface area contributed by atoms with Gasteiger partial charge in [-0.2, -0.15) is 5.26 Å². The lowest BCUT2D eigenvalue weighted by Crippen LogP contribution is -2.14. The molecule has 1 N–H and O–H groups in total. The van der Waals surface area contributed by atoms with Crippen LogP contribution < -0.4 is 5.32 Å². The third-order valence-corrected chi connectivity index (χ3v) is 4.23. The number of anilines is 1. The quantitative estimate of drug-likeness (QED) is 0.389. The number of aryl methyl sites for hydroxylation is 1. The van der Waals surface area contributed by atoms with Crippen molar-refractivity contribution >= 4 is 23.5 Å². The Labute approximate surface area is 162 Å². The van der Waals surface area contributed by atoms with Crippen LogP contribution in [0.3, 0.4) is 0 Å². The summed E-state index contributed by atoms with van der Waals surface area (Å²) in [7, 11) is 0. The number of amides is 1. The van der Waals surface area contributed by atoms with Crippen LogP contribution in [0, 0.1) is 18.3 Å². The van der Waals surface area contributed by atoms with Gasteiger partial charge in [-0.3, -0.25) is 9.59 Å². The van der Waals surface area contributed by atoms with Crippen molar-refractivity contribution in [2.75, 3.05) is 5.32 Å². The van der Waals surface area contributed by atoms with Gasteiger partial charge >= 0.3 is 0 Å². The number of furan rings is 1. The maximum atomic E-state index is 12.4. The molecule has 3 aromatic rings. The van der Waals surface area contributed by atoms with E-state index in [1.165, 1.54) is 13.0 Å². The molecule has 28 heavy (non-hydrogen) atoms. The summed E-state index contributed by atoms with van der Waals surface area (Å²) in [4.78, 5) is 24.0. The first-order valence-corrected chi connectivity index (χ1v) is 8.68. The van der Waals surface area contributed by atoms with Crippen LogP contribution in [0.2, 0.25) is 0 Å². The maximum Gasteiger partial charge on any atom is 0.266 e. The molecule has 0 aliphatic carbocycles. The summed E-state index contributed by atoms with van der Waals surface area (Å²) in [6.07, 6.45) is 1.39. The number of para-hydroxylation sites is 1. The molecule has 1 amide bonds. The molecule has 0 spiro atoms. The van der Waals surface area contributed by atoms with Crippen LogP contribution in [0.25, 0.3) is 17.4 Å². The molecule has 0 saturated carbocycles. The average Bonchev–Trinajstić information content (AvgIpc) is 3.16. The molecule has 5 heteroatoms. The van der Waals surface area contributed by atoms with Gasteiger partial charge in [-0.1, -0.05) is 36.4 Å². The number of carbonyl (C=O) groups is 2. The highest BCUT2D eigenvalue weighted by molar-refractivity contribution is 6.09. The van der Waals surface area contributed by atoms with E-state index in [2.05, 4.69) is 5.32 Å². The summed E-state index contributed by atoms with van der Waals surface area (Å²) in [6, 6.07) is 19.7. The Kier molecular flexibility index (Phi) is 5.52. The van der Waals surface area contributed by atoms with Gasteiger partial charge in [0.25, 0.3) is 5.91 Å². The van der Waals surface area contributed by atoms with Gasteiger partial charge in [-0.25, -0.2) is 0 Å². The average molecular weight is 370 g/mol. The third-order valence-electron chi connectivity index (χ3n) is 4.23. The van der Waals surface area contributed by atoms with Crippen molar-refractivity contribution in [3.05, 3.63) is 83.1 Å². The third kappa shape index (κ3) is 4.25. The number of Topliss-reactive ketones (excluding diaryl/α,β-unsaturated/α-hetero) is 1. The monoisotopic (exact) mass is 370 g/mol. The highest BCUT2D eigenvalue weighted by Gasteiger charge is 2.13. The first-order valence-electron chi connectivity index (χ1n) is 8.68. The topological polar surface area (TPSA) is 83.1 Å². The molecule has 0 aliphatic rings. The number of nitrogens with one attached hydrogen (secondary N) is 1. The Morgan fingerprint density at radius 2 is 1.86 bits per heavy atom. The summed E-state index contributed by atoms with van der Waals surface area (Å²) in [6.45, 7) is 3.38. The van der Waals surface area contributed by atoms with E-state index in [1.807, 2.05) is 37.3 Å². The first-order chi connectivity index (χ1) is 13.5. The minimum atomic E-state index is -0.506. The van der Waals surface area contributed by atoms with Gasteiger partial charge in [0.15, 0.2) is 5.78 Å². The molecule has 1 heterocycles. The standard InChI is InChI=1S/C23H18N2O3/c1-15-6-3-4-9-21(15)25-23(27)19(14-24)13-20-10-11-22(28-20)18-8-5-7-17(12-18)16(2)26/h3-13H,1-2H3,(H,25,27)/b19-13-. The lowest BCUT2D eigenvalue weighted by atomic mass is 10.1. The van der Waals surface area contributed by atoms with E-state index in [0.717, 1.165) is 11.1 Å². The second-order valence-corrected chi connectivity index (χ2v) is 6.28. The smallest absolute Gasteiger partial charge is 0.266 e. The molecule has 0 atom stereocenters. The van der Waals surface area contributed by atoms with Crippen molar-refractivity contribution in [3.63, 3.8) is 0 Å². The van der Waals surface area contributed by atoms with E-state index in [0.29, 0.717) is 22.8 Å². The van der Waals surface area contributed by atoms with Gasteiger partial charge in [0, 0.05) is 22.9 Å². The second-order valence-electron chi connectivity index (χ2n) is 6.28. The van der Waals surface area contributed by atoms with Gasteiger partial charge in [0.1, 0.15) is 23.2 Å². The zero-order chi connectivity index (χ0) is 20.1. The van der Waals surface area contributed by atoms with Crippen LogP contribution in [-0.2, 0) is 4.79 Å². The van der Waals surface area contributed by atoms with Crippen LogP contribution in [0.4, 0.5) is 5.69 Å². The highest BCUT2D eigenvalue weighted by atomic mass is 16.3. The number of nitriles is 1. The highest BCUT2D eigenvalue weighted by Crippen LogP contribution is 2.25. The molecule has 3 rings (SSSR count). The number of benzene rings is 2. The molecule has 0 aliphatic heterocycles. The maximum absolute atomic E-state index is 12.4. The van der Waals surface area contributed by atoms with Crippen molar-refractivity contribution in [2.45, 2.75) is 13.8 Å². The van der Waals surface area contributed by atoms with Crippen LogP contribution in [-0.4, -0.2) is 11.7 Å². The first kappa shape index (κ1) is 18.9. The fourth-order valence-electron chi connectivity index (χ4n) is 2.67. The Balaban J connectivity index is 1.83. The number of carbonyl (C=O) groups excluding carboxylic acids is 2. The van der Waals surface area contributed by atoms with Crippen molar-refractivity contribution in [1.82, 2.24) is 0 Å². The van der Waals surface area contributed by atoms with E-state index in [9.17, 15) is 14.9 Å². The van der Waals surface area contributed by atoms with Gasteiger partial charge in [0.2, 0.25) is 0 Å². The molecule has 1 aromatic heterocycles. The molecule has 2 aromatic carbocycles. The molecule has 0 radical (unpaired) electrons. The molecule has 0 unspecified atom stereocenters. The van der Waals surface area contributed by atoms with E-state index < -0.39 is 5.91 Å². The lowest BCUT2D eigenvalue weighted by molar-refractivity contribution is -0.112. The van der Waals surface area contributed by atoms with Gasteiger partial charge < -0.3 is 9.73 Å². The number of hydrogen-bond acceptors (Lipinski definition) is 4. The van der Waals surface area contributed by atoms with Crippen LogP contribution in [0.5, 0.6) is 0 Å². The molecular weight excluding hydrogens is 352 g/mol. The molecule has 0 bridgehead atoms. The number of ketones is 1.